The van der Waals surface area contributed by atoms with E-state index in [1.807, 2.05) is 6.92 Å². The SMILES string of the molecule is Cc1[nH]c(=S)[nH]c1C(=O)N(C)C. The predicted octanol–water partition coefficient (Wildman–Crippen LogP) is 1.08. The summed E-state index contributed by atoms with van der Waals surface area (Å²) in [5.41, 5.74) is 1.31. The van der Waals surface area contributed by atoms with Crippen LogP contribution in [0.5, 0.6) is 0 Å². The Morgan fingerprint density at radius 3 is 2.33 bits per heavy atom. The Bertz CT molecular complexity index is 350. The molecule has 5 heteroatoms. The summed E-state index contributed by atoms with van der Waals surface area (Å²) in [4.78, 5) is 18.6. The van der Waals surface area contributed by atoms with E-state index in [2.05, 4.69) is 9.97 Å². The van der Waals surface area contributed by atoms with Crippen molar-refractivity contribution in [1.82, 2.24) is 14.9 Å². The molecule has 1 amide bonds. The Kier molecular flexibility index (Phi) is 2.32. The molecular weight excluding hydrogens is 174 g/mol. The highest BCUT2D eigenvalue weighted by Crippen LogP contribution is 2.03. The zero-order valence-corrected chi connectivity index (χ0v) is 8.08. The van der Waals surface area contributed by atoms with E-state index in [-0.39, 0.29) is 5.91 Å². The summed E-state index contributed by atoms with van der Waals surface area (Å²) in [7, 11) is 3.40. The van der Waals surface area contributed by atoms with Crippen molar-refractivity contribution in [2.45, 2.75) is 6.92 Å². The molecule has 0 spiro atoms. The van der Waals surface area contributed by atoms with Gasteiger partial charge in [0.1, 0.15) is 5.69 Å². The molecule has 0 saturated heterocycles. The predicted molar refractivity (Wildman–Crippen MR) is 48.7 cm³/mol. The molecule has 66 valence electrons. The maximum Gasteiger partial charge on any atom is 0.271 e. The highest BCUT2D eigenvalue weighted by atomic mass is 32.1. The maximum absolute atomic E-state index is 11.4. The van der Waals surface area contributed by atoms with Gasteiger partial charge in [0.05, 0.1) is 0 Å². The highest BCUT2D eigenvalue weighted by molar-refractivity contribution is 7.71. The van der Waals surface area contributed by atoms with Crippen LogP contribution in [0, 0.1) is 11.7 Å². The van der Waals surface area contributed by atoms with Gasteiger partial charge in [0.15, 0.2) is 4.77 Å². The van der Waals surface area contributed by atoms with Crippen molar-refractivity contribution in [2.24, 2.45) is 0 Å². The minimum atomic E-state index is -0.0696. The smallest absolute Gasteiger partial charge is 0.271 e. The normalized spacial score (nSPS) is 9.92. The highest BCUT2D eigenvalue weighted by Gasteiger charge is 2.12. The van der Waals surface area contributed by atoms with Crippen LogP contribution in [0.2, 0.25) is 0 Å². The van der Waals surface area contributed by atoms with Crippen LogP contribution in [-0.2, 0) is 0 Å². The second kappa shape index (κ2) is 3.10. The van der Waals surface area contributed by atoms with E-state index in [0.717, 1.165) is 5.69 Å². The molecule has 0 aliphatic rings. The van der Waals surface area contributed by atoms with Crippen molar-refractivity contribution in [2.75, 3.05) is 14.1 Å². The van der Waals surface area contributed by atoms with Crippen LogP contribution < -0.4 is 0 Å². The van der Waals surface area contributed by atoms with Crippen molar-refractivity contribution in [3.8, 4) is 0 Å². The van der Waals surface area contributed by atoms with Gasteiger partial charge in [-0.15, -0.1) is 0 Å². The Labute approximate surface area is 75.6 Å². The quantitative estimate of drug-likeness (QED) is 0.643. The fourth-order valence-electron chi connectivity index (χ4n) is 0.909. The fourth-order valence-corrected chi connectivity index (χ4v) is 1.16. The van der Waals surface area contributed by atoms with Crippen LogP contribution in [0.1, 0.15) is 16.2 Å². The van der Waals surface area contributed by atoms with Gasteiger partial charge in [0.25, 0.3) is 5.91 Å². The second-order valence-electron chi connectivity index (χ2n) is 2.78. The number of imidazole rings is 1. The molecular formula is C7H11N3OS. The molecule has 0 fully saturated rings. The zero-order valence-electron chi connectivity index (χ0n) is 7.26. The third kappa shape index (κ3) is 1.55. The maximum atomic E-state index is 11.4. The van der Waals surface area contributed by atoms with Gasteiger partial charge >= 0.3 is 0 Å². The van der Waals surface area contributed by atoms with Gasteiger partial charge in [0, 0.05) is 19.8 Å². The molecule has 0 aliphatic heterocycles. The van der Waals surface area contributed by atoms with Crippen molar-refractivity contribution in [1.29, 1.82) is 0 Å². The van der Waals surface area contributed by atoms with E-state index in [1.54, 1.807) is 14.1 Å². The molecule has 0 aromatic carbocycles. The molecule has 1 aromatic rings. The molecule has 12 heavy (non-hydrogen) atoms. The molecule has 0 bridgehead atoms. The number of hydrogen-bond acceptors (Lipinski definition) is 2. The summed E-state index contributed by atoms with van der Waals surface area (Å²) in [6.07, 6.45) is 0. The number of H-pyrrole nitrogens is 2. The lowest BCUT2D eigenvalue weighted by Crippen LogP contribution is -2.22. The minimum Gasteiger partial charge on any atom is -0.343 e. The summed E-state index contributed by atoms with van der Waals surface area (Å²) in [6, 6.07) is 0. The number of nitrogens with one attached hydrogen (secondary N) is 2. The third-order valence-corrected chi connectivity index (χ3v) is 1.74. The standard InChI is InChI=1S/C7H11N3OS/c1-4-5(6(11)10(2)3)9-7(12)8-4/h1-3H3,(H2,8,9,12). The van der Waals surface area contributed by atoms with Crippen LogP contribution in [0.25, 0.3) is 0 Å². The van der Waals surface area contributed by atoms with E-state index in [0.29, 0.717) is 10.5 Å². The average molecular weight is 185 g/mol. The lowest BCUT2D eigenvalue weighted by Gasteiger charge is -2.08. The molecule has 0 radical (unpaired) electrons. The van der Waals surface area contributed by atoms with Gasteiger partial charge in [-0.25, -0.2) is 0 Å². The molecule has 1 rings (SSSR count). The van der Waals surface area contributed by atoms with Gasteiger partial charge in [-0.3, -0.25) is 4.79 Å². The first-order chi connectivity index (χ1) is 5.52. The van der Waals surface area contributed by atoms with Crippen LogP contribution in [0.15, 0.2) is 0 Å². The van der Waals surface area contributed by atoms with Crippen molar-refractivity contribution >= 4 is 18.1 Å². The van der Waals surface area contributed by atoms with Crippen molar-refractivity contribution in [3.63, 3.8) is 0 Å². The molecule has 0 aliphatic carbocycles. The van der Waals surface area contributed by atoms with E-state index in [4.69, 9.17) is 12.2 Å². The van der Waals surface area contributed by atoms with Gasteiger partial charge < -0.3 is 14.9 Å². The lowest BCUT2D eigenvalue weighted by molar-refractivity contribution is 0.0821. The van der Waals surface area contributed by atoms with Crippen LogP contribution >= 0.6 is 12.2 Å². The number of hydrogen-bond donors (Lipinski definition) is 2. The Hall–Kier alpha value is -1.10. The minimum absolute atomic E-state index is 0.0696. The van der Waals surface area contributed by atoms with Crippen molar-refractivity contribution < 1.29 is 4.79 Å². The Balaban J connectivity index is 3.11. The first kappa shape index (κ1) is 8.99. The van der Waals surface area contributed by atoms with E-state index in [9.17, 15) is 4.79 Å². The van der Waals surface area contributed by atoms with Crippen LogP contribution in [0.3, 0.4) is 0 Å². The number of amides is 1. The summed E-state index contributed by atoms with van der Waals surface area (Å²) >= 11 is 4.84. The molecule has 1 heterocycles. The van der Waals surface area contributed by atoms with E-state index < -0.39 is 0 Å². The van der Waals surface area contributed by atoms with Crippen LogP contribution in [0.4, 0.5) is 0 Å². The number of aromatic nitrogens is 2. The molecule has 1 aromatic heterocycles. The molecule has 0 atom stereocenters. The first-order valence-corrected chi connectivity index (χ1v) is 3.93. The molecule has 0 saturated carbocycles. The lowest BCUT2D eigenvalue weighted by atomic mass is 10.3. The number of carbonyl (C=O) groups excluding carboxylic acids is 1. The van der Waals surface area contributed by atoms with Crippen molar-refractivity contribution in [3.05, 3.63) is 16.2 Å². The first-order valence-electron chi connectivity index (χ1n) is 3.53. The van der Waals surface area contributed by atoms with Crippen LogP contribution in [-0.4, -0.2) is 34.9 Å². The average Bonchev–Trinajstić information content (AvgIpc) is 2.28. The number of carbonyl (C=O) groups is 1. The molecule has 0 unspecified atom stereocenters. The summed E-state index contributed by atoms with van der Waals surface area (Å²) in [5, 5.41) is 0. The van der Waals surface area contributed by atoms with E-state index >= 15 is 0 Å². The van der Waals surface area contributed by atoms with Gasteiger partial charge in [0.2, 0.25) is 0 Å². The Morgan fingerprint density at radius 2 is 2.00 bits per heavy atom. The topological polar surface area (TPSA) is 51.9 Å². The monoisotopic (exact) mass is 185 g/mol. The fraction of sp³-hybridized carbons (Fsp3) is 0.429. The van der Waals surface area contributed by atoms with Gasteiger partial charge in [-0.05, 0) is 19.1 Å². The number of aromatic amines is 2. The zero-order chi connectivity index (χ0) is 9.30. The van der Waals surface area contributed by atoms with E-state index in [1.165, 1.54) is 4.90 Å². The summed E-state index contributed by atoms with van der Waals surface area (Å²) in [6.45, 7) is 1.81. The summed E-state index contributed by atoms with van der Waals surface area (Å²) < 4.78 is 0.484. The Morgan fingerprint density at radius 1 is 1.42 bits per heavy atom. The third-order valence-electron chi connectivity index (χ3n) is 1.53. The van der Waals surface area contributed by atoms with Gasteiger partial charge in [-0.2, -0.15) is 0 Å². The largest absolute Gasteiger partial charge is 0.343 e. The van der Waals surface area contributed by atoms with Gasteiger partial charge in [-0.1, -0.05) is 0 Å². The number of rotatable bonds is 1. The summed E-state index contributed by atoms with van der Waals surface area (Å²) in [5.74, 6) is -0.0696. The number of nitrogens with zero attached hydrogens (tertiary/aromatic N) is 1. The number of aryl methyl sites for hydroxylation is 1. The molecule has 4 nitrogen and oxygen atoms in total. The second-order valence-corrected chi connectivity index (χ2v) is 3.19. The molecule has 2 N–H and O–H groups in total.